The molecule has 29 heavy (non-hydrogen) atoms. The van der Waals surface area contributed by atoms with Crippen LogP contribution in [0.1, 0.15) is 31.7 Å². The lowest BCUT2D eigenvalue weighted by molar-refractivity contribution is -0.124. The van der Waals surface area contributed by atoms with E-state index >= 15 is 0 Å². The van der Waals surface area contributed by atoms with Crippen molar-refractivity contribution in [3.63, 3.8) is 0 Å². The minimum absolute atomic E-state index is 0.0108. The summed E-state index contributed by atoms with van der Waals surface area (Å²) in [4.78, 5) is 23.8. The number of hydrogen-bond donors (Lipinski definition) is 2. The van der Waals surface area contributed by atoms with Gasteiger partial charge in [0.15, 0.2) is 11.5 Å². The predicted molar refractivity (Wildman–Crippen MR) is 114 cm³/mol. The number of halogens is 1. The molecular formula is C21H24ClN3O4. The van der Waals surface area contributed by atoms with Crippen LogP contribution in [0.4, 0.5) is 5.69 Å². The first-order valence-electron chi connectivity index (χ1n) is 9.20. The summed E-state index contributed by atoms with van der Waals surface area (Å²) in [6.07, 6.45) is 2.44. The van der Waals surface area contributed by atoms with E-state index < -0.39 is 0 Å². The van der Waals surface area contributed by atoms with Crippen LogP contribution in [0.3, 0.4) is 0 Å². The number of carbonyl (C=O) groups is 2. The van der Waals surface area contributed by atoms with E-state index in [2.05, 4.69) is 15.8 Å². The second-order valence-electron chi connectivity index (χ2n) is 6.11. The van der Waals surface area contributed by atoms with E-state index in [0.717, 1.165) is 12.0 Å². The molecule has 2 aromatic rings. The first-order valence-corrected chi connectivity index (χ1v) is 9.57. The molecule has 0 aliphatic carbocycles. The fraction of sp³-hybridized carbons (Fsp3) is 0.286. The Labute approximate surface area is 175 Å². The molecule has 0 spiro atoms. The fourth-order valence-electron chi connectivity index (χ4n) is 2.35. The monoisotopic (exact) mass is 417 g/mol. The summed E-state index contributed by atoms with van der Waals surface area (Å²) in [6, 6.07) is 12.2. The lowest BCUT2D eigenvalue weighted by Crippen LogP contribution is -2.20. The molecule has 0 aliphatic heterocycles. The molecule has 154 valence electrons. The number of hydrogen-bond acceptors (Lipinski definition) is 5. The highest BCUT2D eigenvalue weighted by atomic mass is 35.5. The molecule has 2 rings (SSSR count). The largest absolute Gasteiger partial charge is 0.493 e. The standard InChI is InChI=1S/C21H24ClN3O4/c1-3-11-29-18-8-7-15(12-19(18)28-2)14-23-25-21(27)10-9-20(26)24-17-6-4-5-16(22)13-17/h4-8,12-14H,3,9-11H2,1-2H3,(H,24,26)(H,25,27). The molecule has 0 heterocycles. The van der Waals surface area contributed by atoms with Gasteiger partial charge in [-0.25, -0.2) is 5.43 Å². The van der Waals surface area contributed by atoms with E-state index in [0.29, 0.717) is 28.8 Å². The van der Waals surface area contributed by atoms with E-state index in [1.54, 1.807) is 43.5 Å². The van der Waals surface area contributed by atoms with E-state index in [1.165, 1.54) is 6.21 Å². The lowest BCUT2D eigenvalue weighted by Gasteiger charge is -2.10. The van der Waals surface area contributed by atoms with Crippen molar-refractivity contribution >= 4 is 35.3 Å². The van der Waals surface area contributed by atoms with Gasteiger partial charge in [0.2, 0.25) is 11.8 Å². The van der Waals surface area contributed by atoms with Crippen LogP contribution >= 0.6 is 11.6 Å². The molecule has 0 bridgehead atoms. The molecular weight excluding hydrogens is 394 g/mol. The van der Waals surface area contributed by atoms with Crippen molar-refractivity contribution in [1.82, 2.24) is 5.43 Å². The topological polar surface area (TPSA) is 89.0 Å². The normalized spacial score (nSPS) is 10.6. The molecule has 0 radical (unpaired) electrons. The molecule has 0 fully saturated rings. The number of rotatable bonds is 10. The molecule has 0 aromatic heterocycles. The summed E-state index contributed by atoms with van der Waals surface area (Å²) in [5.41, 5.74) is 3.73. The van der Waals surface area contributed by atoms with E-state index in [9.17, 15) is 9.59 Å². The van der Waals surface area contributed by atoms with Crippen LogP contribution in [0.2, 0.25) is 5.02 Å². The van der Waals surface area contributed by atoms with Crippen molar-refractivity contribution in [3.8, 4) is 11.5 Å². The number of nitrogens with zero attached hydrogens (tertiary/aromatic N) is 1. The average molecular weight is 418 g/mol. The molecule has 2 N–H and O–H groups in total. The quantitative estimate of drug-likeness (QED) is 0.451. The van der Waals surface area contributed by atoms with Crippen molar-refractivity contribution < 1.29 is 19.1 Å². The SMILES string of the molecule is CCCOc1ccc(C=NNC(=O)CCC(=O)Nc2cccc(Cl)c2)cc1OC. The third-order valence-electron chi connectivity index (χ3n) is 3.74. The Morgan fingerprint density at radius 2 is 1.90 bits per heavy atom. The maximum atomic E-state index is 11.9. The molecule has 0 saturated carbocycles. The number of benzene rings is 2. The van der Waals surface area contributed by atoms with Crippen LogP contribution in [0.15, 0.2) is 47.6 Å². The van der Waals surface area contributed by atoms with Gasteiger partial charge in [-0.2, -0.15) is 5.10 Å². The predicted octanol–water partition coefficient (Wildman–Crippen LogP) is 4.01. The van der Waals surface area contributed by atoms with Gasteiger partial charge >= 0.3 is 0 Å². The van der Waals surface area contributed by atoms with E-state index in [-0.39, 0.29) is 24.7 Å². The summed E-state index contributed by atoms with van der Waals surface area (Å²) in [6.45, 7) is 2.63. The number of hydrazone groups is 1. The van der Waals surface area contributed by atoms with Gasteiger partial charge < -0.3 is 14.8 Å². The maximum Gasteiger partial charge on any atom is 0.240 e. The van der Waals surface area contributed by atoms with E-state index in [4.69, 9.17) is 21.1 Å². The summed E-state index contributed by atoms with van der Waals surface area (Å²) in [5, 5.41) is 7.12. The Morgan fingerprint density at radius 1 is 1.10 bits per heavy atom. The van der Waals surface area contributed by atoms with Crippen LogP contribution in [0.5, 0.6) is 11.5 Å². The summed E-state index contributed by atoms with van der Waals surface area (Å²) >= 11 is 5.87. The molecule has 8 heteroatoms. The Kier molecular flexibility index (Phi) is 8.98. The summed E-state index contributed by atoms with van der Waals surface area (Å²) in [5.74, 6) is 0.601. The minimum Gasteiger partial charge on any atom is -0.493 e. The molecule has 0 aliphatic rings. The molecule has 0 atom stereocenters. The Balaban J connectivity index is 1.79. The zero-order valence-corrected chi connectivity index (χ0v) is 17.2. The maximum absolute atomic E-state index is 11.9. The number of methoxy groups -OCH3 is 1. The van der Waals surface area contributed by atoms with Gasteiger partial charge in [-0.15, -0.1) is 0 Å². The highest BCUT2D eigenvalue weighted by Gasteiger charge is 2.08. The fourth-order valence-corrected chi connectivity index (χ4v) is 2.54. The number of anilines is 1. The zero-order chi connectivity index (χ0) is 21.1. The summed E-state index contributed by atoms with van der Waals surface area (Å²) in [7, 11) is 1.56. The van der Waals surface area contributed by atoms with Crippen molar-refractivity contribution in [3.05, 3.63) is 53.1 Å². The second-order valence-corrected chi connectivity index (χ2v) is 6.55. The van der Waals surface area contributed by atoms with Gasteiger partial charge in [0.1, 0.15) is 0 Å². The molecule has 0 unspecified atom stereocenters. The van der Waals surface area contributed by atoms with Crippen molar-refractivity contribution in [2.45, 2.75) is 26.2 Å². The van der Waals surface area contributed by atoms with Crippen LogP contribution in [-0.2, 0) is 9.59 Å². The number of nitrogens with one attached hydrogen (secondary N) is 2. The Hall–Kier alpha value is -3.06. The van der Waals surface area contributed by atoms with Crippen molar-refractivity contribution in [2.75, 3.05) is 19.0 Å². The third kappa shape index (κ3) is 7.83. The third-order valence-corrected chi connectivity index (χ3v) is 3.97. The van der Waals surface area contributed by atoms with Gasteiger partial charge in [0, 0.05) is 23.6 Å². The molecule has 2 aromatic carbocycles. The van der Waals surface area contributed by atoms with Crippen molar-refractivity contribution in [1.29, 1.82) is 0 Å². The van der Waals surface area contributed by atoms with Crippen molar-refractivity contribution in [2.24, 2.45) is 5.10 Å². The molecule has 2 amide bonds. The number of ether oxygens (including phenoxy) is 2. The van der Waals surface area contributed by atoms with Gasteiger partial charge in [-0.05, 0) is 48.4 Å². The van der Waals surface area contributed by atoms with Crippen LogP contribution in [0.25, 0.3) is 0 Å². The van der Waals surface area contributed by atoms with Gasteiger partial charge in [0.05, 0.1) is 19.9 Å². The highest BCUT2D eigenvalue weighted by Crippen LogP contribution is 2.27. The minimum atomic E-state index is -0.364. The Morgan fingerprint density at radius 3 is 2.62 bits per heavy atom. The van der Waals surface area contributed by atoms with Gasteiger partial charge in [-0.1, -0.05) is 24.6 Å². The van der Waals surface area contributed by atoms with Crippen LogP contribution in [0, 0.1) is 0 Å². The smallest absolute Gasteiger partial charge is 0.240 e. The second kappa shape index (κ2) is 11.7. The first kappa shape index (κ1) is 22.2. The highest BCUT2D eigenvalue weighted by molar-refractivity contribution is 6.30. The summed E-state index contributed by atoms with van der Waals surface area (Å²) < 4.78 is 10.9. The number of carbonyl (C=O) groups excluding carboxylic acids is 2. The molecule has 0 saturated heterocycles. The number of amides is 2. The van der Waals surface area contributed by atoms with Gasteiger partial charge in [-0.3, -0.25) is 9.59 Å². The van der Waals surface area contributed by atoms with Gasteiger partial charge in [0.25, 0.3) is 0 Å². The van der Waals surface area contributed by atoms with E-state index in [1.807, 2.05) is 13.0 Å². The van der Waals surface area contributed by atoms with Crippen LogP contribution in [-0.4, -0.2) is 31.7 Å². The zero-order valence-electron chi connectivity index (χ0n) is 16.4. The van der Waals surface area contributed by atoms with Crippen LogP contribution < -0.4 is 20.2 Å². The first-order chi connectivity index (χ1) is 14.0. The average Bonchev–Trinajstić information content (AvgIpc) is 2.71. The molecule has 7 nitrogen and oxygen atoms in total. The lowest BCUT2D eigenvalue weighted by atomic mass is 10.2. The Bertz CT molecular complexity index is 871.